The third kappa shape index (κ3) is 51.0. The molecule has 0 fully saturated rings. The monoisotopic (exact) mass is 889 g/mol. The van der Waals surface area contributed by atoms with Gasteiger partial charge in [-0.1, -0.05) is 264 Å². The zero-order valence-corrected chi connectivity index (χ0v) is 42.6. The van der Waals surface area contributed by atoms with E-state index in [1.54, 1.807) is 0 Å². The van der Waals surface area contributed by atoms with Gasteiger partial charge in [-0.25, -0.2) is 0 Å². The molecule has 0 heterocycles. The van der Waals surface area contributed by atoms with E-state index in [1.807, 2.05) is 0 Å². The van der Waals surface area contributed by atoms with Crippen LogP contribution in [0.3, 0.4) is 0 Å². The van der Waals surface area contributed by atoms with E-state index in [-0.39, 0.29) is 31.1 Å². The van der Waals surface area contributed by atoms with Crippen LogP contribution in [-0.4, -0.2) is 37.2 Å². The van der Waals surface area contributed by atoms with Crippen LogP contribution >= 0.6 is 0 Å². The lowest BCUT2D eigenvalue weighted by atomic mass is 10.0. The Bertz CT molecular complexity index is 978. The van der Waals surface area contributed by atoms with E-state index in [0.717, 1.165) is 64.2 Å². The van der Waals surface area contributed by atoms with Crippen molar-refractivity contribution in [3.8, 4) is 0 Å². The maximum Gasteiger partial charge on any atom is 0.306 e. The Morgan fingerprint density at radius 1 is 0.302 bits per heavy atom. The fourth-order valence-electron chi connectivity index (χ4n) is 8.50. The number of hydrogen-bond acceptors (Lipinski definition) is 6. The first-order chi connectivity index (χ1) is 31.0. The topological polar surface area (TPSA) is 78.9 Å². The molecule has 0 aromatic rings. The highest BCUT2D eigenvalue weighted by molar-refractivity contribution is 5.71. The average Bonchev–Trinajstić information content (AvgIpc) is 3.28. The van der Waals surface area contributed by atoms with Gasteiger partial charge in [0.1, 0.15) is 13.2 Å². The minimum atomic E-state index is -0.766. The Morgan fingerprint density at radius 2 is 0.524 bits per heavy atom. The molecule has 1 unspecified atom stereocenters. The van der Waals surface area contributed by atoms with Gasteiger partial charge in [0.05, 0.1) is 0 Å². The fraction of sp³-hybridized carbons (Fsp3) is 0.912. The molecular formula is C57H108O6. The SMILES string of the molecule is CCCCCCCCCCC/C=C\CCCCCCCC(=O)OCC(COC(=O)CCCCCCCCCCC)OC(=O)CCCCCCCCCCCCCCCCCCCC. The zero-order chi connectivity index (χ0) is 45.8. The summed E-state index contributed by atoms with van der Waals surface area (Å²) >= 11 is 0. The predicted octanol–water partition coefficient (Wildman–Crippen LogP) is 18.5. The van der Waals surface area contributed by atoms with E-state index in [4.69, 9.17) is 14.2 Å². The largest absolute Gasteiger partial charge is 0.462 e. The first-order valence-corrected chi connectivity index (χ1v) is 28.2. The summed E-state index contributed by atoms with van der Waals surface area (Å²) in [7, 11) is 0. The fourth-order valence-corrected chi connectivity index (χ4v) is 8.50. The minimum absolute atomic E-state index is 0.0674. The molecule has 0 amide bonds. The standard InChI is InChI=1S/C57H108O6/c1-4-7-10-13-16-19-21-23-25-27-29-31-33-35-38-41-44-47-50-56(59)62-53-54(52-61-55(58)49-46-43-40-37-18-15-12-9-6-3)63-57(60)51-48-45-42-39-36-34-32-30-28-26-24-22-20-17-14-11-8-5-2/h29,31,54H,4-28,30,32-53H2,1-3H3/b31-29-. The van der Waals surface area contributed by atoms with Crippen LogP contribution in [-0.2, 0) is 28.6 Å². The van der Waals surface area contributed by atoms with E-state index in [1.165, 1.54) is 212 Å². The Morgan fingerprint density at radius 3 is 0.794 bits per heavy atom. The Hall–Kier alpha value is -1.85. The van der Waals surface area contributed by atoms with Crippen LogP contribution in [0.4, 0.5) is 0 Å². The molecule has 0 aromatic heterocycles. The molecular weight excluding hydrogens is 781 g/mol. The summed E-state index contributed by atoms with van der Waals surface area (Å²) in [5.74, 6) is -0.857. The number of rotatable bonds is 52. The van der Waals surface area contributed by atoms with Gasteiger partial charge in [-0.15, -0.1) is 0 Å². The number of carbonyl (C=O) groups excluding carboxylic acids is 3. The van der Waals surface area contributed by atoms with Crippen molar-refractivity contribution in [1.82, 2.24) is 0 Å². The molecule has 63 heavy (non-hydrogen) atoms. The van der Waals surface area contributed by atoms with Crippen molar-refractivity contribution in [2.45, 2.75) is 322 Å². The van der Waals surface area contributed by atoms with E-state index in [9.17, 15) is 14.4 Å². The van der Waals surface area contributed by atoms with Gasteiger partial charge in [0.25, 0.3) is 0 Å². The van der Waals surface area contributed by atoms with Gasteiger partial charge in [0, 0.05) is 19.3 Å². The molecule has 0 radical (unpaired) electrons. The van der Waals surface area contributed by atoms with Gasteiger partial charge < -0.3 is 14.2 Å². The summed E-state index contributed by atoms with van der Waals surface area (Å²) in [6.07, 6.45) is 59.2. The molecule has 0 aromatic carbocycles. The summed E-state index contributed by atoms with van der Waals surface area (Å²) in [6.45, 7) is 6.66. The van der Waals surface area contributed by atoms with Gasteiger partial charge in [0.15, 0.2) is 6.10 Å². The van der Waals surface area contributed by atoms with E-state index >= 15 is 0 Å². The van der Waals surface area contributed by atoms with Gasteiger partial charge in [0.2, 0.25) is 0 Å². The molecule has 0 saturated carbocycles. The quantitative estimate of drug-likeness (QED) is 0.0262. The Kier molecular flexibility index (Phi) is 51.2. The number of carbonyl (C=O) groups is 3. The van der Waals surface area contributed by atoms with Gasteiger partial charge in [-0.05, 0) is 44.9 Å². The van der Waals surface area contributed by atoms with E-state index < -0.39 is 6.10 Å². The number of hydrogen-bond donors (Lipinski definition) is 0. The molecule has 6 nitrogen and oxygen atoms in total. The third-order valence-electron chi connectivity index (χ3n) is 12.8. The second kappa shape index (κ2) is 52.8. The second-order valence-corrected chi connectivity index (χ2v) is 19.2. The first kappa shape index (κ1) is 61.1. The maximum absolute atomic E-state index is 12.8. The van der Waals surface area contributed by atoms with Gasteiger partial charge in [-0.3, -0.25) is 14.4 Å². The number of allylic oxidation sites excluding steroid dienone is 2. The Balaban J connectivity index is 4.24. The van der Waals surface area contributed by atoms with Crippen LogP contribution in [0.25, 0.3) is 0 Å². The molecule has 0 bridgehead atoms. The molecule has 0 spiro atoms. The molecule has 0 N–H and O–H groups in total. The van der Waals surface area contributed by atoms with Crippen LogP contribution in [0.5, 0.6) is 0 Å². The zero-order valence-electron chi connectivity index (χ0n) is 42.6. The van der Waals surface area contributed by atoms with E-state index in [0.29, 0.717) is 19.3 Å². The summed E-state index contributed by atoms with van der Waals surface area (Å²) in [4.78, 5) is 38.0. The lowest BCUT2D eigenvalue weighted by Gasteiger charge is -2.18. The van der Waals surface area contributed by atoms with E-state index in [2.05, 4.69) is 32.9 Å². The van der Waals surface area contributed by atoms with Gasteiger partial charge in [-0.2, -0.15) is 0 Å². The first-order valence-electron chi connectivity index (χ1n) is 28.2. The summed E-state index contributed by atoms with van der Waals surface area (Å²) in [6, 6.07) is 0. The van der Waals surface area contributed by atoms with Crippen LogP contribution in [0.2, 0.25) is 0 Å². The molecule has 0 saturated heterocycles. The van der Waals surface area contributed by atoms with Crippen molar-refractivity contribution in [2.75, 3.05) is 13.2 Å². The van der Waals surface area contributed by atoms with Crippen LogP contribution in [0.15, 0.2) is 12.2 Å². The highest BCUT2D eigenvalue weighted by atomic mass is 16.6. The second-order valence-electron chi connectivity index (χ2n) is 19.2. The van der Waals surface area contributed by atoms with Crippen LogP contribution < -0.4 is 0 Å². The number of esters is 3. The number of ether oxygens (including phenoxy) is 3. The maximum atomic E-state index is 12.8. The average molecular weight is 889 g/mol. The van der Waals surface area contributed by atoms with Crippen molar-refractivity contribution in [2.24, 2.45) is 0 Å². The minimum Gasteiger partial charge on any atom is -0.462 e. The summed E-state index contributed by atoms with van der Waals surface area (Å²) in [5.41, 5.74) is 0. The number of unbranched alkanes of at least 4 members (excludes halogenated alkanes) is 39. The van der Waals surface area contributed by atoms with Crippen LogP contribution in [0, 0.1) is 0 Å². The molecule has 372 valence electrons. The lowest BCUT2D eigenvalue weighted by Crippen LogP contribution is -2.30. The van der Waals surface area contributed by atoms with Crippen molar-refractivity contribution in [3.05, 3.63) is 12.2 Å². The summed E-state index contributed by atoms with van der Waals surface area (Å²) in [5, 5.41) is 0. The van der Waals surface area contributed by atoms with Crippen molar-refractivity contribution in [3.63, 3.8) is 0 Å². The lowest BCUT2D eigenvalue weighted by molar-refractivity contribution is -0.167. The van der Waals surface area contributed by atoms with Crippen molar-refractivity contribution in [1.29, 1.82) is 0 Å². The molecule has 1 atom stereocenters. The highest BCUT2D eigenvalue weighted by Gasteiger charge is 2.19. The smallest absolute Gasteiger partial charge is 0.306 e. The molecule has 0 aliphatic rings. The third-order valence-corrected chi connectivity index (χ3v) is 12.8. The molecule has 6 heteroatoms. The highest BCUT2D eigenvalue weighted by Crippen LogP contribution is 2.17. The Labute approximate surface area is 392 Å². The predicted molar refractivity (Wildman–Crippen MR) is 270 cm³/mol. The van der Waals surface area contributed by atoms with Crippen LogP contribution in [0.1, 0.15) is 316 Å². The molecule has 0 rings (SSSR count). The summed E-state index contributed by atoms with van der Waals surface area (Å²) < 4.78 is 16.8. The normalized spacial score (nSPS) is 12.0. The van der Waals surface area contributed by atoms with Gasteiger partial charge >= 0.3 is 17.9 Å². The van der Waals surface area contributed by atoms with Crippen molar-refractivity contribution < 1.29 is 28.6 Å². The van der Waals surface area contributed by atoms with Crippen molar-refractivity contribution >= 4 is 17.9 Å². The molecule has 0 aliphatic heterocycles. The molecule has 0 aliphatic carbocycles.